The molecule has 104 valence electrons. The zero-order valence-corrected chi connectivity index (χ0v) is 12.8. The Morgan fingerprint density at radius 2 is 1.79 bits per heavy atom. The fourth-order valence-corrected chi connectivity index (χ4v) is 1.77. The maximum absolute atomic E-state index is 11.5. The first-order chi connectivity index (χ1) is 8.93. The summed E-state index contributed by atoms with van der Waals surface area (Å²) in [6, 6.07) is 8.14. The van der Waals surface area contributed by atoms with Crippen LogP contribution in [0.3, 0.4) is 0 Å². The Kier molecular flexibility index (Phi) is 5.96. The van der Waals surface area contributed by atoms with Crippen molar-refractivity contribution in [3.05, 3.63) is 29.8 Å². The van der Waals surface area contributed by atoms with Crippen molar-refractivity contribution in [2.45, 2.75) is 40.0 Å². The van der Waals surface area contributed by atoms with Gasteiger partial charge in [0.1, 0.15) is 0 Å². The molecular formula is C15H22N2OS. The summed E-state index contributed by atoms with van der Waals surface area (Å²) in [5.74, 6) is 0.405. The van der Waals surface area contributed by atoms with Crippen molar-refractivity contribution in [1.82, 2.24) is 5.32 Å². The topological polar surface area (TPSA) is 41.1 Å². The summed E-state index contributed by atoms with van der Waals surface area (Å²) in [4.78, 5) is 11.5. The van der Waals surface area contributed by atoms with E-state index in [1.807, 2.05) is 26.0 Å². The highest BCUT2D eigenvalue weighted by Crippen LogP contribution is 2.20. The van der Waals surface area contributed by atoms with Crippen LogP contribution >= 0.6 is 12.2 Å². The molecule has 0 saturated carbocycles. The minimum atomic E-state index is -0.0764. The van der Waals surface area contributed by atoms with E-state index in [1.54, 1.807) is 0 Å². The third-order valence-corrected chi connectivity index (χ3v) is 3.32. The molecule has 1 amide bonds. The van der Waals surface area contributed by atoms with Gasteiger partial charge in [-0.25, -0.2) is 0 Å². The van der Waals surface area contributed by atoms with Gasteiger partial charge in [0, 0.05) is 11.6 Å². The van der Waals surface area contributed by atoms with Gasteiger partial charge in [0.25, 0.3) is 0 Å². The molecule has 1 rings (SSSR count). The third-order valence-electron chi connectivity index (χ3n) is 3.11. The molecule has 1 atom stereocenters. The number of thiocarbonyl (C=S) groups is 1. The van der Waals surface area contributed by atoms with E-state index in [0.29, 0.717) is 11.0 Å². The molecule has 0 radical (unpaired) electrons. The van der Waals surface area contributed by atoms with Gasteiger partial charge >= 0.3 is 0 Å². The van der Waals surface area contributed by atoms with Crippen molar-refractivity contribution < 1.29 is 4.79 Å². The lowest BCUT2D eigenvalue weighted by Gasteiger charge is -2.13. The number of anilines is 1. The van der Waals surface area contributed by atoms with E-state index >= 15 is 0 Å². The van der Waals surface area contributed by atoms with Gasteiger partial charge in [0.15, 0.2) is 5.11 Å². The summed E-state index contributed by atoms with van der Waals surface area (Å²) < 4.78 is 0. The van der Waals surface area contributed by atoms with Crippen LogP contribution in [0.1, 0.15) is 45.6 Å². The van der Waals surface area contributed by atoms with Crippen LogP contribution in [0, 0.1) is 5.92 Å². The third kappa shape index (κ3) is 4.99. The molecule has 0 aliphatic heterocycles. The lowest BCUT2D eigenvalue weighted by molar-refractivity contribution is -0.122. The SMILES string of the molecule is CC[C@@H](C)c1ccc(NC(=S)NC(=O)C(C)C)cc1. The molecule has 1 aromatic rings. The van der Waals surface area contributed by atoms with Crippen LogP contribution in [0.5, 0.6) is 0 Å². The summed E-state index contributed by atoms with van der Waals surface area (Å²) in [5, 5.41) is 6.01. The van der Waals surface area contributed by atoms with Gasteiger partial charge in [-0.05, 0) is 42.3 Å². The smallest absolute Gasteiger partial charge is 0.228 e. The fraction of sp³-hybridized carbons (Fsp3) is 0.467. The summed E-state index contributed by atoms with van der Waals surface area (Å²) >= 11 is 5.10. The summed E-state index contributed by atoms with van der Waals surface area (Å²) in [6.07, 6.45) is 1.12. The average Bonchev–Trinajstić information content (AvgIpc) is 2.38. The normalized spacial score (nSPS) is 12.1. The van der Waals surface area contributed by atoms with E-state index in [9.17, 15) is 4.79 Å². The Morgan fingerprint density at radius 1 is 1.21 bits per heavy atom. The Balaban J connectivity index is 2.58. The number of hydrogen-bond donors (Lipinski definition) is 2. The Labute approximate surface area is 120 Å². The second-order valence-corrected chi connectivity index (χ2v) is 5.44. The van der Waals surface area contributed by atoms with Crippen molar-refractivity contribution in [3.63, 3.8) is 0 Å². The highest BCUT2D eigenvalue weighted by molar-refractivity contribution is 7.80. The van der Waals surface area contributed by atoms with Gasteiger partial charge in [-0.2, -0.15) is 0 Å². The second-order valence-electron chi connectivity index (χ2n) is 5.03. The molecule has 0 heterocycles. The Morgan fingerprint density at radius 3 is 2.26 bits per heavy atom. The number of carbonyl (C=O) groups excluding carboxylic acids is 1. The molecule has 1 aromatic carbocycles. The number of hydrogen-bond acceptors (Lipinski definition) is 2. The molecule has 0 bridgehead atoms. The van der Waals surface area contributed by atoms with Crippen LogP contribution in [0.2, 0.25) is 0 Å². The molecule has 2 N–H and O–H groups in total. The lowest BCUT2D eigenvalue weighted by atomic mass is 9.99. The minimum Gasteiger partial charge on any atom is -0.332 e. The van der Waals surface area contributed by atoms with E-state index in [0.717, 1.165) is 12.1 Å². The number of rotatable bonds is 4. The Hall–Kier alpha value is -1.42. The van der Waals surface area contributed by atoms with Crippen LogP contribution in [-0.2, 0) is 4.79 Å². The zero-order valence-electron chi connectivity index (χ0n) is 12.0. The van der Waals surface area contributed by atoms with Crippen molar-refractivity contribution in [3.8, 4) is 0 Å². The predicted octanol–water partition coefficient (Wildman–Crippen LogP) is 3.67. The lowest BCUT2D eigenvalue weighted by Crippen LogP contribution is -2.36. The van der Waals surface area contributed by atoms with Crippen LogP contribution in [0.4, 0.5) is 5.69 Å². The number of amides is 1. The van der Waals surface area contributed by atoms with Gasteiger partial charge in [0.05, 0.1) is 0 Å². The maximum Gasteiger partial charge on any atom is 0.228 e. The average molecular weight is 278 g/mol. The van der Waals surface area contributed by atoms with E-state index in [-0.39, 0.29) is 11.8 Å². The quantitative estimate of drug-likeness (QED) is 0.826. The van der Waals surface area contributed by atoms with Gasteiger partial charge in [-0.1, -0.05) is 39.8 Å². The van der Waals surface area contributed by atoms with Crippen molar-refractivity contribution >= 4 is 28.9 Å². The molecule has 0 aromatic heterocycles. The molecule has 4 heteroatoms. The van der Waals surface area contributed by atoms with E-state index < -0.39 is 0 Å². The fourth-order valence-electron chi connectivity index (χ4n) is 1.55. The van der Waals surface area contributed by atoms with Gasteiger partial charge < -0.3 is 10.6 Å². The molecule has 0 aliphatic rings. The van der Waals surface area contributed by atoms with E-state index in [4.69, 9.17) is 12.2 Å². The summed E-state index contributed by atoms with van der Waals surface area (Å²) in [6.45, 7) is 8.04. The number of benzene rings is 1. The van der Waals surface area contributed by atoms with Crippen LogP contribution in [0.15, 0.2) is 24.3 Å². The largest absolute Gasteiger partial charge is 0.332 e. The van der Waals surface area contributed by atoms with Gasteiger partial charge in [0.2, 0.25) is 5.91 Å². The first kappa shape index (κ1) is 15.6. The molecular weight excluding hydrogens is 256 g/mol. The number of nitrogens with one attached hydrogen (secondary N) is 2. The molecule has 0 aliphatic carbocycles. The van der Waals surface area contributed by atoms with Crippen molar-refractivity contribution in [2.24, 2.45) is 5.92 Å². The van der Waals surface area contributed by atoms with Crippen LogP contribution in [-0.4, -0.2) is 11.0 Å². The summed E-state index contributed by atoms with van der Waals surface area (Å²) in [7, 11) is 0. The highest BCUT2D eigenvalue weighted by atomic mass is 32.1. The first-order valence-corrected chi connectivity index (χ1v) is 7.06. The zero-order chi connectivity index (χ0) is 14.4. The Bertz CT molecular complexity index is 440. The molecule has 0 spiro atoms. The monoisotopic (exact) mass is 278 g/mol. The molecule has 0 saturated heterocycles. The predicted molar refractivity (Wildman–Crippen MR) is 84.3 cm³/mol. The maximum atomic E-state index is 11.5. The molecule has 19 heavy (non-hydrogen) atoms. The van der Waals surface area contributed by atoms with E-state index in [2.05, 4.69) is 36.6 Å². The van der Waals surface area contributed by atoms with Gasteiger partial charge in [-0.3, -0.25) is 4.79 Å². The van der Waals surface area contributed by atoms with Crippen molar-refractivity contribution in [2.75, 3.05) is 5.32 Å². The van der Waals surface area contributed by atoms with E-state index in [1.165, 1.54) is 5.56 Å². The molecule has 3 nitrogen and oxygen atoms in total. The number of carbonyl (C=O) groups is 1. The van der Waals surface area contributed by atoms with Crippen LogP contribution < -0.4 is 10.6 Å². The molecule has 0 fully saturated rings. The molecule has 0 unspecified atom stereocenters. The second kappa shape index (κ2) is 7.24. The van der Waals surface area contributed by atoms with Crippen molar-refractivity contribution in [1.29, 1.82) is 0 Å². The highest BCUT2D eigenvalue weighted by Gasteiger charge is 2.09. The minimum absolute atomic E-state index is 0.0753. The summed E-state index contributed by atoms with van der Waals surface area (Å²) in [5.41, 5.74) is 2.20. The standard InChI is InChI=1S/C15H22N2OS/c1-5-11(4)12-6-8-13(9-7-12)16-15(19)17-14(18)10(2)3/h6-11H,5H2,1-4H3,(H2,16,17,18,19)/t11-/m1/s1. The first-order valence-electron chi connectivity index (χ1n) is 6.65. The van der Waals surface area contributed by atoms with Crippen LogP contribution in [0.25, 0.3) is 0 Å². The van der Waals surface area contributed by atoms with Gasteiger partial charge in [-0.15, -0.1) is 0 Å².